The number of cyclic esters (lactones) is 1. The van der Waals surface area contributed by atoms with Gasteiger partial charge in [0.15, 0.2) is 0 Å². The van der Waals surface area contributed by atoms with Crippen molar-refractivity contribution in [3.63, 3.8) is 0 Å². The molecule has 0 amide bonds. The number of esters is 1. The molecular weight excluding hydrogens is 376 g/mol. The highest BCUT2D eigenvalue weighted by atomic mass is 16.6. The molecule has 1 aromatic carbocycles. The van der Waals surface area contributed by atoms with E-state index in [1.165, 1.54) is 0 Å². The minimum atomic E-state index is -0.473. The lowest BCUT2D eigenvalue weighted by Crippen LogP contribution is -2.29. The summed E-state index contributed by atoms with van der Waals surface area (Å²) in [6.07, 6.45) is 7.02. The summed E-state index contributed by atoms with van der Waals surface area (Å²) in [6, 6.07) is 7.75. The molecule has 1 heterocycles. The monoisotopic (exact) mass is 412 g/mol. The second kappa shape index (κ2) is 12.4. The molecule has 164 valence electrons. The molecule has 4 nitrogen and oxygen atoms in total. The van der Waals surface area contributed by atoms with Gasteiger partial charge in [-0.05, 0) is 48.3 Å². The smallest absolute Gasteiger partial charge is 0.384 e. The molecule has 0 fully saturated rings. The number of ether oxygens (including phenoxy) is 3. The predicted molar refractivity (Wildman–Crippen MR) is 120 cm³/mol. The van der Waals surface area contributed by atoms with Crippen LogP contribution in [-0.4, -0.2) is 25.8 Å². The fraction of sp³-hybridized carbons (Fsp3) is 0.577. The Bertz CT molecular complexity index is 741. The number of hydrogen-bond acceptors (Lipinski definition) is 4. The summed E-state index contributed by atoms with van der Waals surface area (Å²) in [6.45, 7) is 9.58. The molecule has 2 rings (SSSR count). The van der Waals surface area contributed by atoms with E-state index in [0.29, 0.717) is 31.0 Å². The molecule has 0 aliphatic carbocycles. The van der Waals surface area contributed by atoms with Crippen molar-refractivity contribution in [2.45, 2.75) is 59.7 Å². The molecule has 4 heteroatoms. The number of carbonyl (C=O) groups is 1. The zero-order chi connectivity index (χ0) is 21.9. The van der Waals surface area contributed by atoms with Gasteiger partial charge in [0, 0.05) is 18.3 Å². The van der Waals surface area contributed by atoms with Gasteiger partial charge in [0.1, 0.15) is 11.9 Å². The molecular formula is C26H36O4. The third-order valence-electron chi connectivity index (χ3n) is 5.52. The Morgan fingerprint density at radius 3 is 2.47 bits per heavy atom. The molecule has 0 saturated carbocycles. The van der Waals surface area contributed by atoms with Crippen molar-refractivity contribution in [2.75, 3.05) is 13.7 Å². The Morgan fingerprint density at radius 1 is 1.03 bits per heavy atom. The van der Waals surface area contributed by atoms with Crippen molar-refractivity contribution in [1.82, 2.24) is 0 Å². The van der Waals surface area contributed by atoms with Crippen molar-refractivity contribution in [3.8, 4) is 17.6 Å². The average molecular weight is 413 g/mol. The first-order valence-electron chi connectivity index (χ1n) is 11.0. The first kappa shape index (κ1) is 24.0. The molecule has 0 radical (unpaired) electrons. The van der Waals surface area contributed by atoms with Gasteiger partial charge in [-0.1, -0.05) is 57.9 Å². The lowest BCUT2D eigenvalue weighted by atomic mass is 9.87. The van der Waals surface area contributed by atoms with Crippen LogP contribution in [0.2, 0.25) is 0 Å². The van der Waals surface area contributed by atoms with Gasteiger partial charge in [-0.25, -0.2) is 4.79 Å². The van der Waals surface area contributed by atoms with Gasteiger partial charge in [-0.2, -0.15) is 0 Å². The number of carbonyl (C=O) groups excluding carboxylic acids is 1. The summed E-state index contributed by atoms with van der Waals surface area (Å²) in [5.41, 5.74) is 1.04. The topological polar surface area (TPSA) is 44.8 Å². The fourth-order valence-corrected chi connectivity index (χ4v) is 3.84. The van der Waals surface area contributed by atoms with E-state index in [2.05, 4.69) is 51.7 Å². The van der Waals surface area contributed by atoms with Crippen molar-refractivity contribution in [2.24, 2.45) is 23.7 Å². The minimum Gasteiger partial charge on any atom is -0.497 e. The van der Waals surface area contributed by atoms with Crippen LogP contribution in [0.15, 0.2) is 36.4 Å². The summed E-state index contributed by atoms with van der Waals surface area (Å²) in [7, 11) is 1.65. The third kappa shape index (κ3) is 8.63. The first-order valence-corrected chi connectivity index (χ1v) is 11.0. The molecule has 5 atom stereocenters. The molecule has 0 unspecified atom stereocenters. The highest BCUT2D eigenvalue weighted by molar-refractivity contribution is 5.88. The number of rotatable bonds is 5. The van der Waals surface area contributed by atoms with Crippen LogP contribution in [-0.2, 0) is 20.9 Å². The lowest BCUT2D eigenvalue weighted by Gasteiger charge is -2.22. The molecule has 30 heavy (non-hydrogen) atoms. The Balaban J connectivity index is 2.03. The van der Waals surface area contributed by atoms with E-state index in [0.717, 1.165) is 30.6 Å². The first-order chi connectivity index (χ1) is 14.4. The summed E-state index contributed by atoms with van der Waals surface area (Å²) < 4.78 is 16.7. The van der Waals surface area contributed by atoms with Crippen molar-refractivity contribution in [3.05, 3.63) is 42.0 Å². The van der Waals surface area contributed by atoms with Crippen LogP contribution < -0.4 is 4.74 Å². The van der Waals surface area contributed by atoms with Crippen LogP contribution in [0.5, 0.6) is 5.75 Å². The molecule has 1 aromatic rings. The van der Waals surface area contributed by atoms with Gasteiger partial charge in [0.2, 0.25) is 0 Å². The van der Waals surface area contributed by atoms with Crippen molar-refractivity contribution >= 4 is 5.97 Å². The van der Waals surface area contributed by atoms with Gasteiger partial charge in [-0.15, -0.1) is 0 Å². The molecule has 0 N–H and O–H groups in total. The molecule has 0 bridgehead atoms. The number of allylic oxidation sites excluding steroid dienone is 1. The summed E-state index contributed by atoms with van der Waals surface area (Å²) in [4.78, 5) is 12.3. The van der Waals surface area contributed by atoms with E-state index < -0.39 is 5.97 Å². The van der Waals surface area contributed by atoms with Gasteiger partial charge in [0.25, 0.3) is 0 Å². The van der Waals surface area contributed by atoms with Crippen LogP contribution in [0.3, 0.4) is 0 Å². The van der Waals surface area contributed by atoms with Crippen LogP contribution in [0.1, 0.15) is 52.5 Å². The molecule has 0 saturated heterocycles. The highest BCUT2D eigenvalue weighted by Crippen LogP contribution is 2.23. The number of hydrogen-bond donors (Lipinski definition) is 0. The third-order valence-corrected chi connectivity index (χ3v) is 5.52. The second-order valence-electron chi connectivity index (χ2n) is 8.72. The van der Waals surface area contributed by atoms with E-state index in [9.17, 15) is 4.79 Å². The normalized spacial score (nSPS) is 29.1. The van der Waals surface area contributed by atoms with Crippen LogP contribution in [0.4, 0.5) is 0 Å². The summed E-state index contributed by atoms with van der Waals surface area (Å²) in [5, 5.41) is 0. The van der Waals surface area contributed by atoms with Crippen LogP contribution in [0, 0.1) is 35.5 Å². The van der Waals surface area contributed by atoms with Gasteiger partial charge in [-0.3, -0.25) is 0 Å². The Kier molecular flexibility index (Phi) is 9.97. The Morgan fingerprint density at radius 2 is 1.77 bits per heavy atom. The van der Waals surface area contributed by atoms with E-state index in [4.69, 9.17) is 14.2 Å². The van der Waals surface area contributed by atoms with Gasteiger partial charge in [0.05, 0.1) is 20.3 Å². The fourth-order valence-electron chi connectivity index (χ4n) is 3.84. The zero-order valence-electron chi connectivity index (χ0n) is 19.0. The zero-order valence-corrected chi connectivity index (χ0v) is 19.0. The number of benzene rings is 1. The second-order valence-corrected chi connectivity index (χ2v) is 8.72. The van der Waals surface area contributed by atoms with E-state index in [-0.39, 0.29) is 12.0 Å². The lowest BCUT2D eigenvalue weighted by molar-refractivity contribution is -0.147. The quantitative estimate of drug-likeness (QED) is 0.281. The van der Waals surface area contributed by atoms with Gasteiger partial charge < -0.3 is 14.2 Å². The molecule has 1 aliphatic heterocycles. The van der Waals surface area contributed by atoms with Crippen LogP contribution >= 0.6 is 0 Å². The SMILES string of the molecule is COc1ccc(COC[C@@H]2OC(=O)C#CC[C@H](C)C[C@H](C)C[C@H](C)/C=C/[C@H]2C)cc1. The Hall–Kier alpha value is -2.25. The van der Waals surface area contributed by atoms with E-state index in [1.54, 1.807) is 7.11 Å². The van der Waals surface area contributed by atoms with E-state index >= 15 is 0 Å². The maximum absolute atomic E-state index is 12.3. The maximum Gasteiger partial charge on any atom is 0.384 e. The van der Waals surface area contributed by atoms with E-state index in [1.807, 2.05) is 24.3 Å². The summed E-state index contributed by atoms with van der Waals surface area (Å²) >= 11 is 0. The predicted octanol–water partition coefficient (Wildman–Crippen LogP) is 5.41. The van der Waals surface area contributed by atoms with Crippen LogP contribution in [0.25, 0.3) is 0 Å². The highest BCUT2D eigenvalue weighted by Gasteiger charge is 2.20. The molecule has 0 aromatic heterocycles. The minimum absolute atomic E-state index is 0.0474. The Labute approximate surface area is 182 Å². The maximum atomic E-state index is 12.3. The molecule has 1 aliphatic rings. The number of methoxy groups -OCH3 is 1. The summed E-state index contributed by atoms with van der Waals surface area (Å²) in [5.74, 6) is 7.64. The van der Waals surface area contributed by atoms with Crippen molar-refractivity contribution in [1.29, 1.82) is 0 Å². The largest absolute Gasteiger partial charge is 0.497 e. The average Bonchev–Trinajstić information content (AvgIpc) is 2.71. The van der Waals surface area contributed by atoms with Crippen molar-refractivity contribution < 1.29 is 19.0 Å². The molecule has 0 spiro atoms. The standard InChI is InChI=1S/C26H36O4/c1-19-7-6-8-26(27)30-25(22(4)10-9-20(2)16-21(3)15-19)18-29-17-23-11-13-24(28-5)14-12-23/h9-14,19-22,25H,7,15-18H2,1-5H3/b10-9+/t19-,20+,21-,22+,25-/m0/s1. The van der Waals surface area contributed by atoms with Gasteiger partial charge >= 0.3 is 5.97 Å².